The summed E-state index contributed by atoms with van der Waals surface area (Å²) in [5.74, 6) is 0.440. The van der Waals surface area contributed by atoms with Crippen LogP contribution in [0.3, 0.4) is 0 Å². The maximum Gasteiger partial charge on any atom is 0.151 e. The molecule has 0 unspecified atom stereocenters. The molecule has 0 atom stereocenters. The average molecular weight is 272 g/mol. The Kier molecular flexibility index (Phi) is 2.72. The number of aliphatic hydroxyl groups is 1. The summed E-state index contributed by atoms with van der Waals surface area (Å²) >= 11 is 0. The van der Waals surface area contributed by atoms with E-state index in [4.69, 9.17) is 5.73 Å². The van der Waals surface area contributed by atoms with Gasteiger partial charge < -0.3 is 10.8 Å². The highest BCUT2D eigenvalue weighted by Gasteiger charge is 2.15. The van der Waals surface area contributed by atoms with Crippen molar-refractivity contribution in [2.24, 2.45) is 0 Å². The molecule has 0 fully saturated rings. The van der Waals surface area contributed by atoms with E-state index in [1.807, 2.05) is 18.5 Å². The molecule has 0 aliphatic heterocycles. The molecule has 0 aromatic carbocycles. The number of aromatic nitrogens is 5. The minimum atomic E-state index is -0.801. The van der Waals surface area contributed by atoms with Crippen molar-refractivity contribution < 1.29 is 5.11 Å². The van der Waals surface area contributed by atoms with E-state index in [0.29, 0.717) is 12.4 Å². The van der Waals surface area contributed by atoms with Crippen molar-refractivity contribution in [2.45, 2.75) is 26.0 Å². The van der Waals surface area contributed by atoms with Gasteiger partial charge in [0.25, 0.3) is 0 Å². The Morgan fingerprint density at radius 1 is 1.25 bits per heavy atom. The van der Waals surface area contributed by atoms with Gasteiger partial charge in [0, 0.05) is 23.5 Å². The summed E-state index contributed by atoms with van der Waals surface area (Å²) in [6.45, 7) is 3.93. The Morgan fingerprint density at radius 2 is 2.05 bits per heavy atom. The second-order valence-electron chi connectivity index (χ2n) is 5.44. The summed E-state index contributed by atoms with van der Waals surface area (Å²) in [6.07, 6.45) is 6.93. The van der Waals surface area contributed by atoms with Crippen LogP contribution in [0.2, 0.25) is 0 Å². The van der Waals surface area contributed by atoms with Crippen LogP contribution in [0.15, 0.2) is 31.0 Å². The van der Waals surface area contributed by atoms with Crippen LogP contribution in [-0.4, -0.2) is 35.1 Å². The largest absolute Gasteiger partial charge is 0.389 e. The third-order valence-corrected chi connectivity index (χ3v) is 2.95. The molecule has 0 aliphatic rings. The van der Waals surface area contributed by atoms with E-state index >= 15 is 0 Å². The SMILES string of the molecule is CC(C)(O)Cn1cc(-c2cc3c(N)ncnn3c2)cn1. The van der Waals surface area contributed by atoms with Gasteiger partial charge in [-0.25, -0.2) is 9.50 Å². The standard InChI is InChI=1S/C13H16N6O/c1-13(2,20)7-18-5-10(4-16-18)9-3-11-12(14)15-8-17-19(11)6-9/h3-6,8,20H,7H2,1-2H3,(H2,14,15,17). The number of nitrogens with two attached hydrogens (primary N) is 1. The van der Waals surface area contributed by atoms with Gasteiger partial charge in [-0.3, -0.25) is 4.68 Å². The van der Waals surface area contributed by atoms with Crippen molar-refractivity contribution >= 4 is 11.3 Å². The van der Waals surface area contributed by atoms with Crippen molar-refractivity contribution in [1.82, 2.24) is 24.4 Å². The van der Waals surface area contributed by atoms with Gasteiger partial charge in [0.2, 0.25) is 0 Å². The highest BCUT2D eigenvalue weighted by molar-refractivity contribution is 5.75. The number of anilines is 1. The molecular formula is C13H16N6O. The van der Waals surface area contributed by atoms with Gasteiger partial charge in [-0.15, -0.1) is 0 Å². The number of rotatable bonds is 3. The molecule has 0 spiro atoms. The lowest BCUT2D eigenvalue weighted by Gasteiger charge is -2.16. The second kappa shape index (κ2) is 4.31. The Hall–Kier alpha value is -2.41. The van der Waals surface area contributed by atoms with E-state index < -0.39 is 5.60 Å². The lowest BCUT2D eigenvalue weighted by molar-refractivity contribution is 0.0577. The Morgan fingerprint density at radius 3 is 2.75 bits per heavy atom. The maximum absolute atomic E-state index is 9.80. The van der Waals surface area contributed by atoms with Crippen molar-refractivity contribution in [3.8, 4) is 11.1 Å². The van der Waals surface area contributed by atoms with Crippen molar-refractivity contribution in [2.75, 3.05) is 5.73 Å². The summed E-state index contributed by atoms with van der Waals surface area (Å²) in [7, 11) is 0. The zero-order valence-electron chi connectivity index (χ0n) is 11.4. The molecule has 0 saturated heterocycles. The predicted molar refractivity (Wildman–Crippen MR) is 74.9 cm³/mol. The predicted octanol–water partition coefficient (Wildman–Crippen LogP) is 0.946. The second-order valence-corrected chi connectivity index (χ2v) is 5.44. The van der Waals surface area contributed by atoms with Crippen LogP contribution in [0.1, 0.15) is 13.8 Å². The highest BCUT2D eigenvalue weighted by Crippen LogP contribution is 2.23. The van der Waals surface area contributed by atoms with Crippen LogP contribution in [-0.2, 0) is 6.54 Å². The molecule has 0 bridgehead atoms. The molecule has 3 rings (SSSR count). The topological polar surface area (TPSA) is 94.3 Å². The summed E-state index contributed by atoms with van der Waals surface area (Å²) in [5.41, 5.74) is 7.67. The third-order valence-electron chi connectivity index (χ3n) is 2.95. The minimum Gasteiger partial charge on any atom is -0.389 e. The molecular weight excluding hydrogens is 256 g/mol. The van der Waals surface area contributed by atoms with Crippen LogP contribution in [0, 0.1) is 0 Å². The van der Waals surface area contributed by atoms with Gasteiger partial charge in [0.1, 0.15) is 11.8 Å². The molecule has 104 valence electrons. The Labute approximate surface area is 115 Å². The van der Waals surface area contributed by atoms with Crippen molar-refractivity contribution in [3.63, 3.8) is 0 Å². The van der Waals surface area contributed by atoms with E-state index in [2.05, 4.69) is 15.2 Å². The fraction of sp³-hybridized carbons (Fsp3) is 0.308. The van der Waals surface area contributed by atoms with E-state index in [-0.39, 0.29) is 0 Å². The molecule has 0 radical (unpaired) electrons. The van der Waals surface area contributed by atoms with E-state index in [1.54, 1.807) is 29.2 Å². The smallest absolute Gasteiger partial charge is 0.151 e. The molecule has 3 heterocycles. The first-order chi connectivity index (χ1) is 9.42. The zero-order chi connectivity index (χ0) is 14.3. The quantitative estimate of drug-likeness (QED) is 0.740. The third kappa shape index (κ3) is 2.35. The zero-order valence-corrected chi connectivity index (χ0v) is 11.4. The average Bonchev–Trinajstić information content (AvgIpc) is 2.93. The van der Waals surface area contributed by atoms with Crippen LogP contribution >= 0.6 is 0 Å². The Balaban J connectivity index is 1.97. The molecule has 0 amide bonds. The molecule has 3 aromatic heterocycles. The maximum atomic E-state index is 9.80. The number of nitrogens with zero attached hydrogens (tertiary/aromatic N) is 5. The number of nitrogen functional groups attached to an aromatic ring is 1. The minimum absolute atomic E-state index is 0.433. The first-order valence-electron chi connectivity index (χ1n) is 6.26. The fourth-order valence-electron chi connectivity index (χ4n) is 2.10. The van der Waals surface area contributed by atoms with Gasteiger partial charge in [-0.2, -0.15) is 10.2 Å². The van der Waals surface area contributed by atoms with E-state index in [9.17, 15) is 5.11 Å². The van der Waals surface area contributed by atoms with Gasteiger partial charge in [0.15, 0.2) is 5.82 Å². The van der Waals surface area contributed by atoms with Gasteiger partial charge in [-0.05, 0) is 19.9 Å². The summed E-state index contributed by atoms with van der Waals surface area (Å²) in [4.78, 5) is 3.96. The molecule has 7 nitrogen and oxygen atoms in total. The van der Waals surface area contributed by atoms with E-state index in [0.717, 1.165) is 16.6 Å². The first kappa shape index (κ1) is 12.6. The highest BCUT2D eigenvalue weighted by atomic mass is 16.3. The molecule has 0 saturated carbocycles. The van der Waals surface area contributed by atoms with Crippen molar-refractivity contribution in [1.29, 1.82) is 0 Å². The van der Waals surface area contributed by atoms with Crippen LogP contribution < -0.4 is 5.73 Å². The van der Waals surface area contributed by atoms with E-state index in [1.165, 1.54) is 6.33 Å². The first-order valence-corrected chi connectivity index (χ1v) is 6.26. The molecule has 20 heavy (non-hydrogen) atoms. The lowest BCUT2D eigenvalue weighted by atomic mass is 10.1. The molecule has 0 aliphatic carbocycles. The summed E-state index contributed by atoms with van der Waals surface area (Å²) in [6, 6.07) is 1.92. The monoisotopic (exact) mass is 272 g/mol. The Bertz CT molecular complexity index is 752. The van der Waals surface area contributed by atoms with Crippen LogP contribution in [0.5, 0.6) is 0 Å². The van der Waals surface area contributed by atoms with Gasteiger partial charge in [-0.1, -0.05) is 0 Å². The summed E-state index contributed by atoms with van der Waals surface area (Å²) < 4.78 is 3.40. The van der Waals surface area contributed by atoms with Crippen LogP contribution in [0.4, 0.5) is 5.82 Å². The molecule has 3 aromatic rings. The fourth-order valence-corrected chi connectivity index (χ4v) is 2.10. The molecule has 3 N–H and O–H groups in total. The number of hydrogen-bond acceptors (Lipinski definition) is 5. The lowest BCUT2D eigenvalue weighted by Crippen LogP contribution is -2.26. The number of hydrogen-bond donors (Lipinski definition) is 2. The van der Waals surface area contributed by atoms with Crippen molar-refractivity contribution in [3.05, 3.63) is 31.0 Å². The normalized spacial score (nSPS) is 12.2. The van der Waals surface area contributed by atoms with Gasteiger partial charge in [0.05, 0.1) is 18.3 Å². The van der Waals surface area contributed by atoms with Crippen LogP contribution in [0.25, 0.3) is 16.6 Å². The van der Waals surface area contributed by atoms with Gasteiger partial charge >= 0.3 is 0 Å². The molecule has 7 heteroatoms. The number of fused-ring (bicyclic) bond motifs is 1. The summed E-state index contributed by atoms with van der Waals surface area (Å²) in [5, 5.41) is 18.2.